The molecule has 0 radical (unpaired) electrons. The van der Waals surface area contributed by atoms with Crippen LogP contribution in [0.4, 0.5) is 0 Å². The van der Waals surface area contributed by atoms with E-state index in [2.05, 4.69) is 4.98 Å². The van der Waals surface area contributed by atoms with Gasteiger partial charge in [0.25, 0.3) is 0 Å². The molecule has 4 rings (SSSR count). The van der Waals surface area contributed by atoms with Gasteiger partial charge < -0.3 is 9.47 Å². The Labute approximate surface area is 185 Å². The summed E-state index contributed by atoms with van der Waals surface area (Å²) in [5.74, 6) is -0.206. The van der Waals surface area contributed by atoms with Crippen LogP contribution >= 0.6 is 11.3 Å². The lowest BCUT2D eigenvalue weighted by molar-refractivity contribution is -0.104. The third-order valence-corrected chi connectivity index (χ3v) is 5.94. The smallest absolute Gasteiger partial charge is 0.132 e. The van der Waals surface area contributed by atoms with Crippen molar-refractivity contribution in [1.29, 1.82) is 0 Å². The zero-order valence-electron chi connectivity index (χ0n) is 27.9. The predicted octanol–water partition coefficient (Wildman–Crippen LogP) is 5.93. The maximum absolute atomic E-state index is 8.93. The number of thiophene rings is 1. The summed E-state index contributed by atoms with van der Waals surface area (Å²) in [6.07, 6.45) is -10.3. The lowest BCUT2D eigenvalue weighted by Crippen LogP contribution is -2.46. The molecule has 0 N–H and O–H groups in total. The van der Waals surface area contributed by atoms with Gasteiger partial charge in [-0.05, 0) is 68.5 Å². The molecular formula is C23H31NO2S. The fourth-order valence-electron chi connectivity index (χ4n) is 3.77. The molecule has 0 unspecified atom stereocenters. The molecule has 3 heterocycles. The zero-order valence-corrected chi connectivity index (χ0v) is 15.7. The minimum Gasteiger partial charge on any atom is -0.496 e. The number of aromatic nitrogens is 1. The van der Waals surface area contributed by atoms with Crippen LogP contribution < -0.4 is 4.74 Å². The van der Waals surface area contributed by atoms with Crippen LogP contribution in [-0.4, -0.2) is 24.2 Å². The molecule has 2 fully saturated rings. The molecule has 27 heavy (non-hydrogen) atoms. The highest BCUT2D eigenvalue weighted by Crippen LogP contribution is 2.50. The molecule has 3 nitrogen and oxygen atoms in total. The Kier molecular flexibility index (Phi) is 2.76. The molecule has 2 aliphatic rings. The summed E-state index contributed by atoms with van der Waals surface area (Å²) in [6.45, 7) is -2.38. The number of pyridine rings is 1. The zero-order chi connectivity index (χ0) is 30.0. The Morgan fingerprint density at radius 1 is 1.33 bits per heavy atom. The van der Waals surface area contributed by atoms with Gasteiger partial charge in [0, 0.05) is 39.7 Å². The Hall–Kier alpha value is -1.39. The fraction of sp³-hybridized carbons (Fsp3) is 0.609. The topological polar surface area (TPSA) is 31.4 Å². The maximum Gasteiger partial charge on any atom is 0.132 e. The average molecular weight is 399 g/mol. The summed E-state index contributed by atoms with van der Waals surface area (Å²) in [7, 11) is -2.83. The quantitative estimate of drug-likeness (QED) is 0.579. The van der Waals surface area contributed by atoms with E-state index in [0.29, 0.717) is 5.69 Å². The largest absolute Gasteiger partial charge is 0.496 e. The molecule has 1 atom stereocenters. The van der Waals surface area contributed by atoms with Crippen molar-refractivity contribution in [3.05, 3.63) is 46.4 Å². The number of ether oxygens (including phenoxy) is 2. The SMILES string of the molecule is [2H]C([2H])(CC([2H])([2H])c1sccc1OC([2H])([2H])[2H])C[C@@]1(c2ccccn2)CC([2H])([2H])OC2(CC([2H])([2H])C([2H])([2H])C2)C1. The van der Waals surface area contributed by atoms with E-state index in [4.69, 9.17) is 27.3 Å². The maximum atomic E-state index is 8.93. The second-order valence-electron chi connectivity index (χ2n) is 6.98. The molecule has 1 aliphatic carbocycles. The number of hydrogen-bond acceptors (Lipinski definition) is 4. The second-order valence-corrected chi connectivity index (χ2v) is 7.90. The molecule has 2 aromatic rings. The first kappa shape index (κ1) is 8.96. The molecule has 0 amide bonds. The Morgan fingerprint density at radius 2 is 2.26 bits per heavy atom. The first-order valence-corrected chi connectivity index (χ1v) is 9.77. The summed E-state index contributed by atoms with van der Waals surface area (Å²) in [4.78, 5) is 4.31. The Bertz CT molecular complexity index is 1200. The van der Waals surface area contributed by atoms with E-state index in [-0.39, 0.29) is 23.5 Å². The van der Waals surface area contributed by atoms with Gasteiger partial charge in [0.1, 0.15) is 5.75 Å². The summed E-state index contributed by atoms with van der Waals surface area (Å²) in [5.41, 5.74) is -2.66. The monoisotopic (exact) mass is 398 g/mol. The molecule has 4 heteroatoms. The van der Waals surface area contributed by atoms with Crippen LogP contribution in [0.2, 0.25) is 0 Å². The van der Waals surface area contributed by atoms with Gasteiger partial charge in [-0.3, -0.25) is 4.98 Å². The Balaban J connectivity index is 1.72. The molecule has 1 spiro atoms. The van der Waals surface area contributed by atoms with Crippen LogP contribution in [0.1, 0.15) is 86.0 Å². The van der Waals surface area contributed by atoms with Crippen LogP contribution in [0.5, 0.6) is 5.75 Å². The van der Waals surface area contributed by atoms with Crippen molar-refractivity contribution in [3.8, 4) is 5.75 Å². The highest BCUT2D eigenvalue weighted by molar-refractivity contribution is 7.10. The van der Waals surface area contributed by atoms with E-state index >= 15 is 0 Å². The molecule has 1 saturated carbocycles. The lowest BCUT2D eigenvalue weighted by atomic mass is 9.67. The van der Waals surface area contributed by atoms with Crippen molar-refractivity contribution in [3.63, 3.8) is 0 Å². The summed E-state index contributed by atoms with van der Waals surface area (Å²) >= 11 is 0.902. The first-order valence-electron chi connectivity index (χ1n) is 15.4. The fourth-order valence-corrected chi connectivity index (χ4v) is 4.48. The van der Waals surface area contributed by atoms with E-state index < -0.39 is 75.8 Å². The highest BCUT2D eigenvalue weighted by Gasteiger charge is 2.48. The number of nitrogens with zero attached hydrogens (tertiary/aromatic N) is 1. The van der Waals surface area contributed by atoms with Gasteiger partial charge in [0.2, 0.25) is 0 Å². The van der Waals surface area contributed by atoms with Gasteiger partial charge in [0.15, 0.2) is 0 Å². The number of hydrogen-bond donors (Lipinski definition) is 0. The minimum atomic E-state index is -2.83. The molecule has 2 aromatic heterocycles. The van der Waals surface area contributed by atoms with Gasteiger partial charge in [0.05, 0.1) is 19.5 Å². The third-order valence-electron chi connectivity index (χ3n) is 5.09. The molecule has 1 saturated heterocycles. The van der Waals surface area contributed by atoms with Crippen LogP contribution in [0, 0.1) is 0 Å². The van der Waals surface area contributed by atoms with Gasteiger partial charge in [-0.25, -0.2) is 0 Å². The van der Waals surface area contributed by atoms with Crippen LogP contribution in [-0.2, 0) is 16.5 Å². The summed E-state index contributed by atoms with van der Waals surface area (Å²) < 4.78 is 118. The van der Waals surface area contributed by atoms with E-state index in [1.807, 2.05) is 0 Å². The summed E-state index contributed by atoms with van der Waals surface area (Å²) in [6, 6.07) is 6.23. The number of rotatable bonds is 7. The number of aryl methyl sites for hydroxylation is 1. The van der Waals surface area contributed by atoms with Gasteiger partial charge in [-0.2, -0.15) is 0 Å². The molecular weight excluding hydrogens is 354 g/mol. The van der Waals surface area contributed by atoms with Crippen molar-refractivity contribution in [2.45, 2.75) is 75.0 Å². The molecule has 146 valence electrons. The van der Waals surface area contributed by atoms with Crippen molar-refractivity contribution in [2.75, 3.05) is 13.6 Å². The van der Waals surface area contributed by atoms with Crippen LogP contribution in [0.3, 0.4) is 0 Å². The number of methoxy groups -OCH3 is 1. The van der Waals surface area contributed by atoms with Gasteiger partial charge >= 0.3 is 0 Å². The molecule has 0 aromatic carbocycles. The van der Waals surface area contributed by atoms with E-state index in [0.717, 1.165) is 11.3 Å². The average Bonchev–Trinajstić information content (AvgIpc) is 3.24. The minimum absolute atomic E-state index is 0.0876. The molecule has 0 bridgehead atoms. The lowest BCUT2D eigenvalue weighted by Gasteiger charge is -2.46. The van der Waals surface area contributed by atoms with Gasteiger partial charge in [-0.1, -0.05) is 25.2 Å². The van der Waals surface area contributed by atoms with Crippen molar-refractivity contribution >= 4 is 11.3 Å². The van der Waals surface area contributed by atoms with Crippen LogP contribution in [0.25, 0.3) is 0 Å². The first-order chi connectivity index (χ1) is 18.0. The molecule has 1 aliphatic heterocycles. The highest BCUT2D eigenvalue weighted by atomic mass is 32.1. The van der Waals surface area contributed by atoms with E-state index in [1.54, 1.807) is 18.2 Å². The van der Waals surface area contributed by atoms with Crippen molar-refractivity contribution < 1.29 is 27.3 Å². The van der Waals surface area contributed by atoms with Crippen LogP contribution in [0.15, 0.2) is 35.8 Å². The van der Waals surface area contributed by atoms with E-state index in [1.165, 1.54) is 17.6 Å². The predicted molar refractivity (Wildman–Crippen MR) is 111 cm³/mol. The van der Waals surface area contributed by atoms with Gasteiger partial charge in [-0.15, -0.1) is 11.3 Å². The van der Waals surface area contributed by atoms with E-state index in [9.17, 15) is 0 Å². The third kappa shape index (κ3) is 4.07. The second kappa shape index (κ2) is 8.32. The van der Waals surface area contributed by atoms with Crippen molar-refractivity contribution in [1.82, 2.24) is 4.98 Å². The normalized spacial score (nSPS) is 38.6. The summed E-state index contributed by atoms with van der Waals surface area (Å²) in [5, 5.41) is 1.46. The standard InChI is InChI=1S/C23H31NO2S/c1-25-19-10-17-27-20(19)8-2-4-11-22(21-9-3-7-15-24-21)14-16-26-23(18-22)12-5-6-13-23/h3,7,9-10,15,17H,2,4-6,8,11-14,16,18H2,1H3/t22-/m1/s1/i1D3,4D2,5D2,6D2,8D2,16D2. The van der Waals surface area contributed by atoms with Crippen molar-refractivity contribution in [2.24, 2.45) is 0 Å². The Morgan fingerprint density at radius 3 is 3.07 bits per heavy atom.